The molecule has 0 aromatic heterocycles. The summed E-state index contributed by atoms with van der Waals surface area (Å²) in [6, 6.07) is -1.84. The Hall–Kier alpha value is -2.81. The Morgan fingerprint density at radius 2 is 1.44 bits per heavy atom. The van der Waals surface area contributed by atoms with Gasteiger partial charge in [0, 0.05) is 46.9 Å². The Bertz CT molecular complexity index is 2140. The van der Waals surface area contributed by atoms with Gasteiger partial charge in [-0.3, -0.25) is 28.9 Å². The average Bonchev–Trinajstić information content (AvgIpc) is 3.97. The quantitative estimate of drug-likeness (QED) is 0.108. The summed E-state index contributed by atoms with van der Waals surface area (Å²) in [5.74, 6) is 0.775. The number of rotatable bonds is 20. The molecule has 5 aliphatic carbocycles. The number of aliphatic hydroxyl groups excluding tert-OH is 1. The van der Waals surface area contributed by atoms with Crippen molar-refractivity contribution in [3.63, 3.8) is 0 Å². The lowest BCUT2D eigenvalue weighted by molar-refractivity contribution is -0.250. The van der Waals surface area contributed by atoms with E-state index in [0.29, 0.717) is 55.6 Å². The van der Waals surface area contributed by atoms with Crippen LogP contribution in [0.25, 0.3) is 0 Å². The normalized spacial score (nSPS) is 36.9. The average molecular weight is 1080 g/mol. The maximum Gasteiger partial charge on any atom is 0.245 e. The summed E-state index contributed by atoms with van der Waals surface area (Å²) in [5.41, 5.74) is -0.0126. The van der Waals surface area contributed by atoms with Gasteiger partial charge in [0.1, 0.15) is 6.04 Å². The first-order valence-electron chi connectivity index (χ1n) is 30.7. The topological polar surface area (TPSA) is 161 Å². The standard InChI is InChI=1S/C63H110N6O8/c1-20-39(6)51(67(17)56(74)49(37(2)3)65-55(73)50(38(4)5)66(15)16)43(76-18)36-47(71)68-34-21-22-42(68)52(77-19)40(7)54(72)64-33-35-69-53-48-41-23-24-45-60(12)27-26-46(70)59(10,11)44(60)25-28-62(45,14)61(41,13)30-32-63(48,57(69)75)31-29-58(53,8)9/h37-46,48-53,70H,20-36H2,1-19H3,(H,64,72)(H,65,73)/t39-,40+,41+,42?,43+,44?,45?,46-,48?,49-,50-,51-,52+,53?,60-,61+,62+,63-/m0/s1. The molecule has 7 aliphatic rings. The first kappa shape index (κ1) is 61.8. The van der Waals surface area contributed by atoms with Crippen molar-refractivity contribution in [2.45, 2.75) is 235 Å². The predicted octanol–water partition coefficient (Wildman–Crippen LogP) is 8.81. The van der Waals surface area contributed by atoms with Gasteiger partial charge in [-0.15, -0.1) is 0 Å². The molecule has 7 rings (SSSR count). The zero-order valence-corrected chi connectivity index (χ0v) is 51.9. The van der Waals surface area contributed by atoms with E-state index in [4.69, 9.17) is 9.47 Å². The van der Waals surface area contributed by atoms with Crippen LogP contribution in [0.5, 0.6) is 0 Å². The fourth-order valence-corrected chi connectivity index (χ4v) is 19.5. The summed E-state index contributed by atoms with van der Waals surface area (Å²) in [7, 11) is 8.73. The third-order valence-corrected chi connectivity index (χ3v) is 24.1. The number of nitrogens with zero attached hydrogens (tertiary/aromatic N) is 4. The fraction of sp³-hybridized carbons (Fsp3) is 0.921. The summed E-state index contributed by atoms with van der Waals surface area (Å²) in [6.07, 6.45) is 11.5. The number of fused-ring (bicyclic) bond motifs is 5. The smallest absolute Gasteiger partial charge is 0.245 e. The van der Waals surface area contributed by atoms with Crippen LogP contribution in [0.4, 0.5) is 0 Å². The van der Waals surface area contributed by atoms with Gasteiger partial charge >= 0.3 is 0 Å². The monoisotopic (exact) mass is 1080 g/mol. The lowest BCUT2D eigenvalue weighted by atomic mass is 9.31. The first-order valence-corrected chi connectivity index (χ1v) is 30.7. The summed E-state index contributed by atoms with van der Waals surface area (Å²) < 4.78 is 12.3. The fourth-order valence-electron chi connectivity index (χ4n) is 19.5. The van der Waals surface area contributed by atoms with Crippen molar-refractivity contribution in [1.29, 1.82) is 0 Å². The van der Waals surface area contributed by atoms with Crippen LogP contribution in [-0.2, 0) is 33.4 Å². The van der Waals surface area contributed by atoms with Gasteiger partial charge in [0.25, 0.3) is 0 Å². The molecular formula is C63H110N6O8. The molecule has 0 spiro atoms. The molecule has 0 radical (unpaired) electrons. The molecule has 2 saturated heterocycles. The maximum atomic E-state index is 15.3. The Balaban J connectivity index is 1.02. The van der Waals surface area contributed by atoms with E-state index in [1.165, 1.54) is 12.8 Å². The molecule has 14 heteroatoms. The second-order valence-corrected chi connectivity index (χ2v) is 29.4. The zero-order valence-electron chi connectivity index (χ0n) is 51.9. The van der Waals surface area contributed by atoms with Gasteiger partial charge < -0.3 is 39.9 Å². The minimum atomic E-state index is -0.765. The van der Waals surface area contributed by atoms with Crippen molar-refractivity contribution < 1.29 is 38.6 Å². The summed E-state index contributed by atoms with van der Waals surface area (Å²) >= 11 is 0. The van der Waals surface area contributed by atoms with Crippen LogP contribution < -0.4 is 10.6 Å². The van der Waals surface area contributed by atoms with Crippen LogP contribution in [0.3, 0.4) is 0 Å². The number of nitrogens with one attached hydrogen (secondary N) is 2. The second-order valence-electron chi connectivity index (χ2n) is 29.4. The number of hydrogen-bond donors (Lipinski definition) is 3. The highest BCUT2D eigenvalue weighted by molar-refractivity contribution is 5.90. The predicted molar refractivity (Wildman–Crippen MR) is 304 cm³/mol. The highest BCUT2D eigenvalue weighted by Crippen LogP contribution is 2.78. The van der Waals surface area contributed by atoms with E-state index in [1.54, 1.807) is 26.2 Å². The third kappa shape index (κ3) is 10.4. The highest BCUT2D eigenvalue weighted by Gasteiger charge is 2.75. The molecule has 440 valence electrons. The molecule has 2 heterocycles. The van der Waals surface area contributed by atoms with Gasteiger partial charge in [-0.25, -0.2) is 0 Å². The zero-order chi connectivity index (χ0) is 57.3. The Morgan fingerprint density at radius 1 is 0.779 bits per heavy atom. The molecular weight excluding hydrogens is 969 g/mol. The van der Waals surface area contributed by atoms with Crippen molar-refractivity contribution in [2.24, 2.45) is 79.8 Å². The van der Waals surface area contributed by atoms with Crippen molar-refractivity contribution in [2.75, 3.05) is 55.0 Å². The van der Waals surface area contributed by atoms with Crippen LogP contribution in [0.2, 0.25) is 0 Å². The minimum absolute atomic E-state index is 0.0241. The van der Waals surface area contributed by atoms with Crippen molar-refractivity contribution in [3.8, 4) is 0 Å². The number of likely N-dealkylation sites (N-methyl/N-ethyl adjacent to an activating group) is 2. The van der Waals surface area contributed by atoms with Crippen molar-refractivity contribution >= 4 is 29.5 Å². The molecule has 77 heavy (non-hydrogen) atoms. The van der Waals surface area contributed by atoms with Gasteiger partial charge in [0.2, 0.25) is 29.5 Å². The Kier molecular flexibility index (Phi) is 18.3. The summed E-state index contributed by atoms with van der Waals surface area (Å²) in [6.45, 7) is 32.6. The molecule has 5 unspecified atom stereocenters. The molecule has 2 aliphatic heterocycles. The van der Waals surface area contributed by atoms with E-state index < -0.39 is 36.3 Å². The molecule has 14 nitrogen and oxygen atoms in total. The molecule has 0 aromatic rings. The van der Waals surface area contributed by atoms with Crippen LogP contribution in [0.1, 0.15) is 187 Å². The van der Waals surface area contributed by atoms with Gasteiger partial charge in [0.15, 0.2) is 0 Å². The van der Waals surface area contributed by atoms with Crippen LogP contribution in [0.15, 0.2) is 0 Å². The number of hydrogen-bond acceptors (Lipinski definition) is 9. The largest absolute Gasteiger partial charge is 0.393 e. The number of aliphatic hydroxyl groups is 1. The van der Waals surface area contributed by atoms with E-state index in [9.17, 15) is 24.3 Å². The number of carbonyl (C=O) groups is 5. The van der Waals surface area contributed by atoms with E-state index in [0.717, 1.165) is 64.2 Å². The number of methoxy groups -OCH3 is 2. The van der Waals surface area contributed by atoms with E-state index in [1.807, 2.05) is 58.5 Å². The number of ether oxygens (including phenoxy) is 2. The third-order valence-electron chi connectivity index (χ3n) is 24.1. The van der Waals surface area contributed by atoms with Crippen molar-refractivity contribution in [3.05, 3.63) is 0 Å². The van der Waals surface area contributed by atoms with Gasteiger partial charge in [-0.05, 0) is 160 Å². The number of likely N-dealkylation sites (tertiary alicyclic amines) is 2. The van der Waals surface area contributed by atoms with Gasteiger partial charge in [0.05, 0.1) is 54.2 Å². The molecule has 5 amide bonds. The van der Waals surface area contributed by atoms with Crippen LogP contribution >= 0.6 is 0 Å². The first-order chi connectivity index (χ1) is 35.9. The lowest BCUT2D eigenvalue weighted by Gasteiger charge is -2.73. The number of carbonyl (C=O) groups excluding carboxylic acids is 5. The maximum absolute atomic E-state index is 15.3. The Labute approximate surface area is 466 Å². The molecule has 5 saturated carbocycles. The van der Waals surface area contributed by atoms with Crippen LogP contribution in [-0.4, -0.2) is 158 Å². The minimum Gasteiger partial charge on any atom is -0.393 e. The lowest BCUT2D eigenvalue weighted by Crippen LogP contribution is -2.68. The Morgan fingerprint density at radius 3 is 2.04 bits per heavy atom. The van der Waals surface area contributed by atoms with Crippen LogP contribution in [0, 0.1) is 79.8 Å². The second kappa shape index (κ2) is 22.9. The number of amides is 5. The van der Waals surface area contributed by atoms with E-state index in [-0.39, 0.29) is 98.5 Å². The molecule has 18 atom stereocenters. The SMILES string of the molecule is CC[C@H](C)[C@@H]([C@@H](CC(=O)N1CCCC1[C@H](OC)[C@@H](C)C(=O)NCCN1C(=O)[C@]23CCC(C)(C)C1C2[C@H]1CCC2[C@@]4(C)CC[C@H](O)C(C)(C)C4CC[C@@]2(C)[C@]1(C)CC3)OC)N(C)C(=O)[C@@H](NC(=O)[C@H](C(C)C)N(C)C)C(C)C. The molecule has 7 fully saturated rings. The van der Waals surface area contributed by atoms with E-state index in [2.05, 4.69) is 77.8 Å². The van der Waals surface area contributed by atoms with Gasteiger partial charge in [-0.2, -0.15) is 0 Å². The molecule has 2 bridgehead atoms. The summed E-state index contributed by atoms with van der Waals surface area (Å²) in [5, 5.41) is 17.6. The van der Waals surface area contributed by atoms with Crippen molar-refractivity contribution in [1.82, 2.24) is 30.2 Å². The summed E-state index contributed by atoms with van der Waals surface area (Å²) in [4.78, 5) is 80.0. The van der Waals surface area contributed by atoms with Gasteiger partial charge in [-0.1, -0.05) is 103 Å². The molecule has 0 aromatic carbocycles. The highest BCUT2D eigenvalue weighted by atomic mass is 16.5. The molecule has 3 N–H and O–H groups in total. The van der Waals surface area contributed by atoms with E-state index >= 15 is 4.79 Å².